The molecule has 2 aromatic rings. The first-order valence-electron chi connectivity index (χ1n) is 9.47. The molecule has 0 bridgehead atoms. The number of hydrogen-bond acceptors (Lipinski definition) is 12. The van der Waals surface area contributed by atoms with Crippen molar-refractivity contribution < 1.29 is 29.3 Å². The first kappa shape index (κ1) is 23.1. The van der Waals surface area contributed by atoms with Gasteiger partial charge in [0.1, 0.15) is 24.1 Å². The lowest BCUT2D eigenvalue weighted by Crippen LogP contribution is -2.30. The number of aromatic nitrogens is 4. The Hall–Kier alpha value is -3.08. The maximum absolute atomic E-state index is 12.3. The van der Waals surface area contributed by atoms with E-state index in [1.54, 1.807) is 0 Å². The molecule has 0 saturated carbocycles. The van der Waals surface area contributed by atoms with Crippen molar-refractivity contribution in [2.75, 3.05) is 28.8 Å². The molecule has 0 radical (unpaired) electrons. The number of thioether (sulfide) groups is 2. The Kier molecular flexibility index (Phi) is 6.87. The Bertz CT molecular complexity index is 1080. The minimum atomic E-state index is -1.10. The highest BCUT2D eigenvalue weighted by molar-refractivity contribution is 8.00. The zero-order valence-electron chi connectivity index (χ0n) is 16.7. The number of rotatable bonds is 8. The fourth-order valence-electron chi connectivity index (χ4n) is 3.02. The van der Waals surface area contributed by atoms with Crippen molar-refractivity contribution in [2.45, 2.75) is 23.3 Å². The van der Waals surface area contributed by atoms with Crippen LogP contribution in [0.25, 0.3) is 0 Å². The number of hydrogen-bond donors (Lipinski definition) is 4. The van der Waals surface area contributed by atoms with Gasteiger partial charge in [0.15, 0.2) is 0 Å². The van der Waals surface area contributed by atoms with Crippen LogP contribution in [-0.4, -0.2) is 70.3 Å². The van der Waals surface area contributed by atoms with E-state index in [-0.39, 0.29) is 18.3 Å². The minimum Gasteiger partial charge on any atom is -0.479 e. The van der Waals surface area contributed by atoms with Crippen LogP contribution in [-0.2, 0) is 19.1 Å². The molecule has 2 saturated heterocycles. The molecular weight excluding hydrogens is 480 g/mol. The quantitative estimate of drug-likeness (QED) is 0.345. The predicted octanol–water partition coefficient (Wildman–Crippen LogP) is -0.373. The monoisotopic (exact) mass is 498 g/mol. The fourth-order valence-corrected chi connectivity index (χ4v) is 4.87. The summed E-state index contributed by atoms with van der Waals surface area (Å²) in [5, 5.41) is 23.7. The van der Waals surface area contributed by atoms with Gasteiger partial charge in [0.2, 0.25) is 10.9 Å². The lowest BCUT2D eigenvalue weighted by molar-refractivity contribution is -0.148. The Morgan fingerprint density at radius 2 is 1.33 bits per heavy atom. The van der Waals surface area contributed by atoms with E-state index in [0.717, 1.165) is 23.5 Å². The summed E-state index contributed by atoms with van der Waals surface area (Å²) in [7, 11) is 0. The smallest absolute Gasteiger partial charge is 0.351 e. The highest BCUT2D eigenvalue weighted by atomic mass is 32.2. The molecule has 0 unspecified atom stereocenters. The molecule has 14 nitrogen and oxygen atoms in total. The number of aliphatic carboxylic acids is 2. The third kappa shape index (κ3) is 5.29. The third-order valence-electron chi connectivity index (χ3n) is 4.56. The molecule has 33 heavy (non-hydrogen) atoms. The van der Waals surface area contributed by atoms with E-state index in [1.807, 2.05) is 0 Å². The Morgan fingerprint density at radius 3 is 1.67 bits per heavy atom. The van der Waals surface area contributed by atoms with Crippen LogP contribution in [0, 0.1) is 0 Å². The molecule has 0 aliphatic carbocycles. The van der Waals surface area contributed by atoms with Gasteiger partial charge in [-0.25, -0.2) is 19.2 Å². The Morgan fingerprint density at radius 1 is 0.909 bits per heavy atom. The predicted molar refractivity (Wildman–Crippen MR) is 117 cm³/mol. The van der Waals surface area contributed by atoms with Gasteiger partial charge in [0.05, 0.1) is 6.67 Å². The summed E-state index contributed by atoms with van der Waals surface area (Å²) in [6, 6.07) is 3.06. The first-order valence-corrected chi connectivity index (χ1v) is 11.6. The number of ether oxygens (including phenoxy) is 2. The zero-order valence-corrected chi connectivity index (χ0v) is 18.3. The van der Waals surface area contributed by atoms with Gasteiger partial charge in [-0.3, -0.25) is 9.13 Å². The molecule has 0 spiro atoms. The second-order valence-corrected chi connectivity index (χ2v) is 8.91. The molecular formula is C17H18N6O8S2. The van der Waals surface area contributed by atoms with Gasteiger partial charge >= 0.3 is 23.3 Å². The van der Waals surface area contributed by atoms with Gasteiger partial charge < -0.3 is 30.3 Å². The molecule has 176 valence electrons. The van der Waals surface area contributed by atoms with Crippen LogP contribution < -0.4 is 22.0 Å². The summed E-state index contributed by atoms with van der Waals surface area (Å²) in [5.74, 6) is -1.07. The van der Waals surface area contributed by atoms with Crippen molar-refractivity contribution in [1.29, 1.82) is 0 Å². The second-order valence-electron chi connectivity index (χ2n) is 6.72. The zero-order chi connectivity index (χ0) is 23.5. The number of nitrogens with zero attached hydrogens (tertiary/aromatic N) is 4. The first-order chi connectivity index (χ1) is 15.8. The van der Waals surface area contributed by atoms with Crippen molar-refractivity contribution in [3.8, 4) is 0 Å². The number of carboxylic acid groups (broad SMARTS) is 2. The largest absolute Gasteiger partial charge is 0.479 e. The molecule has 4 atom stereocenters. The summed E-state index contributed by atoms with van der Waals surface area (Å²) < 4.78 is 13.1. The van der Waals surface area contributed by atoms with E-state index >= 15 is 0 Å². The second kappa shape index (κ2) is 9.82. The maximum Gasteiger partial charge on any atom is 0.351 e. The average Bonchev–Trinajstić information content (AvgIpc) is 3.44. The molecule has 0 amide bonds. The Balaban J connectivity index is 1.31. The summed E-state index contributed by atoms with van der Waals surface area (Å²) in [6.45, 7) is 0.0979. The van der Waals surface area contributed by atoms with Crippen LogP contribution in [0.4, 0.5) is 11.6 Å². The molecule has 0 aromatic carbocycles. The molecule has 16 heteroatoms. The molecule has 2 fully saturated rings. The lowest BCUT2D eigenvalue weighted by Gasteiger charge is -2.15. The van der Waals surface area contributed by atoms with Crippen molar-refractivity contribution in [2.24, 2.45) is 0 Å². The number of carboxylic acids is 2. The number of carbonyl (C=O) groups is 2. The topological polar surface area (TPSA) is 187 Å². The minimum absolute atomic E-state index is 0.0979. The van der Waals surface area contributed by atoms with E-state index in [4.69, 9.17) is 19.7 Å². The fraction of sp³-hybridized carbons (Fsp3) is 0.412. The number of anilines is 2. The van der Waals surface area contributed by atoms with Gasteiger partial charge in [0, 0.05) is 23.9 Å². The number of nitrogens with one attached hydrogen (secondary N) is 2. The van der Waals surface area contributed by atoms with Crippen molar-refractivity contribution in [3.05, 3.63) is 45.5 Å². The molecule has 4 heterocycles. The van der Waals surface area contributed by atoms with Crippen molar-refractivity contribution in [1.82, 2.24) is 19.1 Å². The van der Waals surface area contributed by atoms with Crippen molar-refractivity contribution >= 4 is 47.1 Å². The van der Waals surface area contributed by atoms with Crippen molar-refractivity contribution in [3.63, 3.8) is 0 Å². The molecule has 4 N–H and O–H groups in total. The third-order valence-corrected chi connectivity index (χ3v) is 6.75. The van der Waals surface area contributed by atoms with E-state index in [2.05, 4.69) is 20.6 Å². The summed E-state index contributed by atoms with van der Waals surface area (Å²) in [5.41, 5.74) is -3.26. The van der Waals surface area contributed by atoms with Crippen LogP contribution in [0.5, 0.6) is 0 Å². The van der Waals surface area contributed by atoms with Crippen LogP contribution in [0.15, 0.2) is 34.1 Å². The molecule has 2 aromatic heterocycles. The van der Waals surface area contributed by atoms with Gasteiger partial charge in [-0.15, -0.1) is 23.5 Å². The van der Waals surface area contributed by atoms with E-state index in [9.17, 15) is 19.2 Å². The highest BCUT2D eigenvalue weighted by Gasteiger charge is 2.33. The standard InChI is InChI=1S/C17H18N6O8S2/c24-12(25)14-30-10(5-32-14)22-3-1-8(20-16(22)28)18-7-19-9-2-4-23(17(29)21-9)11-6-33-15(31-11)13(26)27/h1-4,10-11,14-15H,5-7H2,(H,24,25)(H,26,27)(H,18,20,28)(H,19,21,29)/t10-,11-,14+,15+/m0/s1. The highest BCUT2D eigenvalue weighted by Crippen LogP contribution is 2.31. The summed E-state index contributed by atoms with van der Waals surface area (Å²) in [4.78, 5) is 54.2. The van der Waals surface area contributed by atoms with Crippen LogP contribution in [0.1, 0.15) is 12.5 Å². The van der Waals surface area contributed by atoms with E-state index < -0.39 is 46.6 Å². The summed E-state index contributed by atoms with van der Waals surface area (Å²) >= 11 is 2.17. The van der Waals surface area contributed by atoms with Crippen LogP contribution >= 0.6 is 23.5 Å². The lowest BCUT2D eigenvalue weighted by atomic mass is 10.5. The molecule has 2 aliphatic rings. The SMILES string of the molecule is O=C(O)[C@@H]1O[C@H](n2ccc(NCNc3ccn([C@@H]4CS[C@H](C(=O)O)O4)c(=O)n3)nc2=O)CS1. The van der Waals surface area contributed by atoms with Gasteiger partial charge in [-0.05, 0) is 12.1 Å². The Labute approximate surface area is 193 Å². The van der Waals surface area contributed by atoms with Gasteiger partial charge in [-0.1, -0.05) is 0 Å². The molecule has 2 aliphatic heterocycles. The van der Waals surface area contributed by atoms with Crippen LogP contribution in [0.3, 0.4) is 0 Å². The van der Waals surface area contributed by atoms with Gasteiger partial charge in [0.25, 0.3) is 0 Å². The molecule has 4 rings (SSSR count). The normalized spacial score (nSPS) is 24.5. The van der Waals surface area contributed by atoms with E-state index in [0.29, 0.717) is 11.5 Å². The maximum atomic E-state index is 12.3. The van der Waals surface area contributed by atoms with Gasteiger partial charge in [-0.2, -0.15) is 9.97 Å². The summed E-state index contributed by atoms with van der Waals surface area (Å²) in [6.07, 6.45) is 1.48. The van der Waals surface area contributed by atoms with Crippen LogP contribution in [0.2, 0.25) is 0 Å². The van der Waals surface area contributed by atoms with E-state index in [1.165, 1.54) is 33.7 Å². The average molecular weight is 498 g/mol.